The van der Waals surface area contributed by atoms with E-state index in [1.54, 1.807) is 0 Å². The Kier molecular flexibility index (Phi) is 9.97. The van der Waals surface area contributed by atoms with E-state index in [-0.39, 0.29) is 43.6 Å². The Labute approximate surface area is 172 Å². The number of unbranched alkanes of at least 4 members (excludes halogenated alkanes) is 2. The van der Waals surface area contributed by atoms with Crippen LogP contribution in [0.15, 0.2) is 12.2 Å². The van der Waals surface area contributed by atoms with E-state index in [2.05, 4.69) is 16.7 Å². The van der Waals surface area contributed by atoms with E-state index in [0.717, 1.165) is 38.5 Å². The molecular formula is C21H34N2O6. The van der Waals surface area contributed by atoms with Gasteiger partial charge < -0.3 is 25.2 Å². The van der Waals surface area contributed by atoms with Crippen molar-refractivity contribution in [3.05, 3.63) is 12.2 Å². The summed E-state index contributed by atoms with van der Waals surface area (Å²) in [5.74, 6) is -0.533. The fraction of sp³-hybridized carbons (Fsp3) is 0.762. The monoisotopic (exact) mass is 410 g/mol. The van der Waals surface area contributed by atoms with Crippen LogP contribution in [0, 0.1) is 11.8 Å². The molecule has 0 aromatic carbocycles. The van der Waals surface area contributed by atoms with Crippen LogP contribution in [-0.4, -0.2) is 55.0 Å². The van der Waals surface area contributed by atoms with Crippen LogP contribution in [-0.2, 0) is 19.1 Å². The second kappa shape index (κ2) is 12.5. The smallest absolute Gasteiger partial charge is 0.407 e. The maximum atomic E-state index is 11.9. The van der Waals surface area contributed by atoms with Crippen molar-refractivity contribution in [1.29, 1.82) is 0 Å². The zero-order valence-corrected chi connectivity index (χ0v) is 17.2. The van der Waals surface area contributed by atoms with Crippen LogP contribution in [0.25, 0.3) is 0 Å². The van der Waals surface area contributed by atoms with Gasteiger partial charge in [-0.25, -0.2) is 4.79 Å². The number of carbonyl (C=O) groups is 3. The molecule has 2 heterocycles. The molecule has 0 unspecified atom stereocenters. The van der Waals surface area contributed by atoms with Gasteiger partial charge in [-0.2, -0.15) is 0 Å². The zero-order chi connectivity index (χ0) is 21.1. The maximum Gasteiger partial charge on any atom is 0.407 e. The van der Waals surface area contributed by atoms with Gasteiger partial charge in [-0.05, 0) is 44.4 Å². The van der Waals surface area contributed by atoms with E-state index in [1.165, 1.54) is 0 Å². The van der Waals surface area contributed by atoms with Crippen molar-refractivity contribution in [2.75, 3.05) is 19.7 Å². The molecule has 2 bridgehead atoms. The SMILES string of the molecule is CCCCNC(=O)CNC(=O)OC[C@H]1[C@@H](CC=CCCCC(=O)O)[C@H]2CC[C@@H]1O2. The number of carboxylic acid groups (broad SMARTS) is 1. The predicted octanol–water partition coefficient (Wildman–Crippen LogP) is 2.62. The molecule has 2 amide bonds. The molecule has 3 N–H and O–H groups in total. The average molecular weight is 411 g/mol. The van der Waals surface area contributed by atoms with Crippen LogP contribution in [0.1, 0.15) is 58.3 Å². The van der Waals surface area contributed by atoms with Gasteiger partial charge in [0, 0.05) is 18.9 Å². The number of carboxylic acids is 1. The number of carbonyl (C=O) groups excluding carboxylic acids is 2. The van der Waals surface area contributed by atoms with Gasteiger partial charge >= 0.3 is 12.1 Å². The van der Waals surface area contributed by atoms with Crippen molar-refractivity contribution < 1.29 is 29.0 Å². The van der Waals surface area contributed by atoms with Gasteiger partial charge in [0.1, 0.15) is 0 Å². The first kappa shape index (κ1) is 23.2. The topological polar surface area (TPSA) is 114 Å². The van der Waals surface area contributed by atoms with Crippen molar-refractivity contribution in [3.8, 4) is 0 Å². The van der Waals surface area contributed by atoms with Crippen LogP contribution in [0.4, 0.5) is 4.79 Å². The van der Waals surface area contributed by atoms with Gasteiger partial charge in [-0.1, -0.05) is 25.5 Å². The van der Waals surface area contributed by atoms with Crippen molar-refractivity contribution >= 4 is 18.0 Å². The summed E-state index contributed by atoms with van der Waals surface area (Å²) in [5, 5.41) is 13.9. The number of fused-ring (bicyclic) bond motifs is 2. The Bertz CT molecular complexity index is 580. The number of allylic oxidation sites excluding steroid dienone is 2. The lowest BCUT2D eigenvalue weighted by Gasteiger charge is -2.26. The molecule has 29 heavy (non-hydrogen) atoms. The summed E-state index contributed by atoms with van der Waals surface area (Å²) in [6, 6.07) is 0. The largest absolute Gasteiger partial charge is 0.481 e. The molecular weight excluding hydrogens is 376 g/mol. The average Bonchev–Trinajstić information content (AvgIpc) is 3.29. The molecule has 0 radical (unpaired) electrons. The molecule has 0 spiro atoms. The van der Waals surface area contributed by atoms with Gasteiger partial charge in [-0.3, -0.25) is 9.59 Å². The first-order chi connectivity index (χ1) is 14.0. The van der Waals surface area contributed by atoms with Crippen LogP contribution >= 0.6 is 0 Å². The molecule has 2 saturated heterocycles. The number of nitrogens with one attached hydrogen (secondary N) is 2. The Hall–Kier alpha value is -2.09. The van der Waals surface area contributed by atoms with Gasteiger partial charge in [-0.15, -0.1) is 0 Å². The summed E-state index contributed by atoms with van der Waals surface area (Å²) in [6.07, 6.45) is 10.2. The molecule has 2 fully saturated rings. The first-order valence-corrected chi connectivity index (χ1v) is 10.7. The highest BCUT2D eigenvalue weighted by molar-refractivity contribution is 5.82. The molecule has 2 aliphatic rings. The predicted molar refractivity (Wildman–Crippen MR) is 107 cm³/mol. The summed E-state index contributed by atoms with van der Waals surface area (Å²) in [4.78, 5) is 34.1. The summed E-state index contributed by atoms with van der Waals surface area (Å²) >= 11 is 0. The maximum absolute atomic E-state index is 11.9. The van der Waals surface area contributed by atoms with E-state index < -0.39 is 12.1 Å². The molecule has 8 heteroatoms. The minimum Gasteiger partial charge on any atom is -0.481 e. The fourth-order valence-corrected chi connectivity index (χ4v) is 4.01. The van der Waals surface area contributed by atoms with Crippen LogP contribution in [0.3, 0.4) is 0 Å². The van der Waals surface area contributed by atoms with Gasteiger partial charge in [0.25, 0.3) is 0 Å². The van der Waals surface area contributed by atoms with Crippen LogP contribution in [0.2, 0.25) is 0 Å². The third kappa shape index (κ3) is 8.04. The van der Waals surface area contributed by atoms with E-state index in [9.17, 15) is 14.4 Å². The Balaban J connectivity index is 1.68. The number of aliphatic carboxylic acids is 1. The highest BCUT2D eigenvalue weighted by atomic mass is 16.6. The highest BCUT2D eigenvalue weighted by Crippen LogP contribution is 2.45. The normalized spacial score (nSPS) is 25.3. The number of hydrogen-bond donors (Lipinski definition) is 3. The number of rotatable bonds is 13. The Morgan fingerprint density at radius 3 is 2.59 bits per heavy atom. The minimum absolute atomic E-state index is 0.0850. The molecule has 164 valence electrons. The third-order valence-corrected chi connectivity index (χ3v) is 5.58. The fourth-order valence-electron chi connectivity index (χ4n) is 4.01. The molecule has 0 aromatic heterocycles. The first-order valence-electron chi connectivity index (χ1n) is 10.7. The second-order valence-electron chi connectivity index (χ2n) is 7.77. The zero-order valence-electron chi connectivity index (χ0n) is 17.2. The molecule has 2 rings (SSSR count). The second-order valence-corrected chi connectivity index (χ2v) is 7.77. The van der Waals surface area contributed by atoms with Crippen LogP contribution < -0.4 is 10.6 Å². The lowest BCUT2D eigenvalue weighted by atomic mass is 9.78. The minimum atomic E-state index is -0.770. The van der Waals surface area contributed by atoms with Gasteiger partial charge in [0.2, 0.25) is 5.91 Å². The van der Waals surface area contributed by atoms with E-state index in [0.29, 0.717) is 18.9 Å². The summed E-state index contributed by atoms with van der Waals surface area (Å²) < 4.78 is 11.4. The molecule has 8 nitrogen and oxygen atoms in total. The van der Waals surface area contributed by atoms with E-state index in [4.69, 9.17) is 14.6 Å². The molecule has 0 saturated carbocycles. The number of alkyl carbamates (subject to hydrolysis) is 1. The number of hydrogen-bond acceptors (Lipinski definition) is 5. The van der Waals surface area contributed by atoms with Crippen molar-refractivity contribution in [2.45, 2.75) is 70.5 Å². The Morgan fingerprint density at radius 2 is 1.86 bits per heavy atom. The van der Waals surface area contributed by atoms with Crippen molar-refractivity contribution in [1.82, 2.24) is 10.6 Å². The summed E-state index contributed by atoms with van der Waals surface area (Å²) in [7, 11) is 0. The molecule has 2 aliphatic heterocycles. The lowest BCUT2D eigenvalue weighted by molar-refractivity contribution is -0.137. The highest BCUT2D eigenvalue weighted by Gasteiger charge is 2.48. The molecule has 4 atom stereocenters. The number of ether oxygens (including phenoxy) is 2. The van der Waals surface area contributed by atoms with E-state index in [1.807, 2.05) is 13.0 Å². The third-order valence-electron chi connectivity index (χ3n) is 5.58. The van der Waals surface area contributed by atoms with Crippen molar-refractivity contribution in [2.24, 2.45) is 11.8 Å². The van der Waals surface area contributed by atoms with Gasteiger partial charge in [0.05, 0.1) is 25.4 Å². The summed E-state index contributed by atoms with van der Waals surface area (Å²) in [6.45, 7) is 2.85. The van der Waals surface area contributed by atoms with Gasteiger partial charge in [0.15, 0.2) is 0 Å². The number of amides is 2. The van der Waals surface area contributed by atoms with Crippen LogP contribution in [0.5, 0.6) is 0 Å². The summed E-state index contributed by atoms with van der Waals surface area (Å²) in [5.41, 5.74) is 0. The molecule has 0 aliphatic carbocycles. The quantitative estimate of drug-likeness (QED) is 0.318. The standard InChI is InChI=1S/C21H34N2O6/c1-2-3-12-22-19(24)13-23-21(27)28-14-16-15(17-10-11-18(16)29-17)8-6-4-5-7-9-20(25)26/h4,6,15-18H,2-3,5,7-14H2,1H3,(H,22,24)(H,23,27)(H,25,26)/t15-,16+,17-,18+/m1/s1. The van der Waals surface area contributed by atoms with E-state index >= 15 is 0 Å². The Morgan fingerprint density at radius 1 is 1.10 bits per heavy atom. The van der Waals surface area contributed by atoms with Crippen molar-refractivity contribution in [3.63, 3.8) is 0 Å². The molecule has 0 aromatic rings. The lowest BCUT2D eigenvalue weighted by Crippen LogP contribution is -2.39.